The van der Waals surface area contributed by atoms with Gasteiger partial charge in [-0.2, -0.15) is 14.2 Å². The molecule has 0 aliphatic carbocycles. The Morgan fingerprint density at radius 2 is 2.00 bits per heavy atom. The molecule has 5 heteroatoms. The summed E-state index contributed by atoms with van der Waals surface area (Å²) >= 11 is 0. The highest BCUT2D eigenvalue weighted by Crippen LogP contribution is 2.09. The van der Waals surface area contributed by atoms with E-state index >= 15 is 0 Å². The minimum Gasteiger partial charge on any atom is -0.319 e. The summed E-state index contributed by atoms with van der Waals surface area (Å²) in [5.41, 5.74) is 0. The van der Waals surface area contributed by atoms with Gasteiger partial charge in [-0.15, -0.1) is 0 Å². The molecule has 0 spiro atoms. The van der Waals surface area contributed by atoms with Crippen molar-refractivity contribution in [1.82, 2.24) is 0 Å². The first kappa shape index (κ1) is 5.87. The van der Waals surface area contributed by atoms with E-state index in [1.165, 1.54) is 0 Å². The lowest BCUT2D eigenvalue weighted by atomic mass is 10.7. The molecule has 2 atom stereocenters. The Kier molecular flexibility index (Phi) is 1.72. The zero-order valence-corrected chi connectivity index (χ0v) is 3.84. The van der Waals surface area contributed by atoms with Crippen molar-refractivity contribution in [2.24, 2.45) is 0 Å². The molecular weight excluding hydrogens is 122 g/mol. The maximum atomic E-state index is 11.7. The van der Waals surface area contributed by atoms with E-state index in [1.807, 2.05) is 0 Å². The average Bonchev–Trinajstić information content (AvgIpc) is 1.77. The standard InChI is InChI=1S/C3H4F2O3/c4-2-1-6-3(5)8-7-2/h2-3H,1H2. The summed E-state index contributed by atoms with van der Waals surface area (Å²) in [5.74, 6) is 0. The number of hydrogen-bond acceptors (Lipinski definition) is 3. The lowest BCUT2D eigenvalue weighted by Gasteiger charge is -2.17. The quantitative estimate of drug-likeness (QED) is 0.442. The zero-order valence-electron chi connectivity index (χ0n) is 3.84. The summed E-state index contributed by atoms with van der Waals surface area (Å²) in [6.45, 7) is -2.36. The molecule has 0 radical (unpaired) electrons. The molecule has 3 nitrogen and oxygen atoms in total. The van der Waals surface area contributed by atoms with Gasteiger partial charge in [-0.25, -0.2) is 4.39 Å². The molecule has 0 aromatic heterocycles. The Balaban J connectivity index is 2.19. The van der Waals surface area contributed by atoms with Gasteiger partial charge in [0.25, 0.3) is 6.36 Å². The number of rotatable bonds is 0. The molecule has 0 N–H and O–H groups in total. The van der Waals surface area contributed by atoms with Crippen LogP contribution in [-0.2, 0) is 14.5 Å². The van der Waals surface area contributed by atoms with Gasteiger partial charge in [0.2, 0.25) is 0 Å². The highest BCUT2D eigenvalue weighted by molar-refractivity contribution is 4.35. The second-order valence-corrected chi connectivity index (χ2v) is 1.21. The molecule has 0 aromatic rings. The summed E-state index contributed by atoms with van der Waals surface area (Å²) in [5, 5.41) is 0. The van der Waals surface area contributed by atoms with Gasteiger partial charge in [-0.1, -0.05) is 0 Å². The molecule has 1 aliphatic heterocycles. The highest BCUT2D eigenvalue weighted by Gasteiger charge is 2.21. The third-order valence-electron chi connectivity index (χ3n) is 0.594. The molecule has 1 fully saturated rings. The second kappa shape index (κ2) is 2.34. The predicted molar refractivity (Wildman–Crippen MR) is 17.9 cm³/mol. The molecule has 8 heavy (non-hydrogen) atoms. The normalized spacial score (nSPS) is 39.8. The van der Waals surface area contributed by atoms with Gasteiger partial charge in [0, 0.05) is 0 Å². The van der Waals surface area contributed by atoms with Crippen molar-refractivity contribution >= 4 is 0 Å². The number of hydrogen-bond donors (Lipinski definition) is 0. The monoisotopic (exact) mass is 126 g/mol. The van der Waals surface area contributed by atoms with Crippen molar-refractivity contribution in [2.75, 3.05) is 6.61 Å². The molecule has 1 heterocycles. The molecular formula is C3H4F2O3. The van der Waals surface area contributed by atoms with Crippen LogP contribution in [0.15, 0.2) is 0 Å². The van der Waals surface area contributed by atoms with Crippen molar-refractivity contribution in [3.05, 3.63) is 0 Å². The fourth-order valence-corrected chi connectivity index (χ4v) is 0.311. The summed E-state index contributed by atoms with van der Waals surface area (Å²) in [6, 6.07) is 0. The van der Waals surface area contributed by atoms with E-state index in [0.29, 0.717) is 0 Å². The maximum absolute atomic E-state index is 11.7. The van der Waals surface area contributed by atoms with Gasteiger partial charge < -0.3 is 4.74 Å². The van der Waals surface area contributed by atoms with E-state index in [4.69, 9.17) is 0 Å². The molecule has 0 aromatic carbocycles. The Morgan fingerprint density at radius 3 is 2.38 bits per heavy atom. The van der Waals surface area contributed by atoms with Crippen molar-refractivity contribution in [3.8, 4) is 0 Å². The van der Waals surface area contributed by atoms with Crippen LogP contribution >= 0.6 is 0 Å². The van der Waals surface area contributed by atoms with Gasteiger partial charge in [-0.3, -0.25) is 0 Å². The molecule has 1 rings (SSSR count). The molecule has 0 saturated carbocycles. The van der Waals surface area contributed by atoms with Crippen molar-refractivity contribution in [1.29, 1.82) is 0 Å². The fraction of sp³-hybridized carbons (Fsp3) is 1.00. The lowest BCUT2D eigenvalue weighted by Crippen LogP contribution is -2.28. The van der Waals surface area contributed by atoms with E-state index in [1.54, 1.807) is 0 Å². The first-order valence-electron chi connectivity index (χ1n) is 2.01. The van der Waals surface area contributed by atoms with Gasteiger partial charge >= 0.3 is 6.54 Å². The van der Waals surface area contributed by atoms with Crippen LogP contribution in [0.5, 0.6) is 0 Å². The smallest absolute Gasteiger partial charge is 0.319 e. The van der Waals surface area contributed by atoms with Crippen LogP contribution in [0.1, 0.15) is 0 Å². The summed E-state index contributed by atoms with van der Waals surface area (Å²) in [4.78, 5) is 7.35. The second-order valence-electron chi connectivity index (χ2n) is 1.21. The third-order valence-corrected chi connectivity index (χ3v) is 0.594. The molecule has 0 amide bonds. The Bertz CT molecular complexity index is 60.9. The van der Waals surface area contributed by atoms with Gasteiger partial charge in [0.15, 0.2) is 0 Å². The average molecular weight is 126 g/mol. The van der Waals surface area contributed by atoms with Crippen LogP contribution < -0.4 is 0 Å². The summed E-state index contributed by atoms with van der Waals surface area (Å²) < 4.78 is 27.3. The number of alkyl halides is 2. The Labute approximate surface area is 44.1 Å². The molecule has 0 bridgehead atoms. The molecule has 1 aliphatic rings. The number of halogens is 2. The number of ether oxygens (including phenoxy) is 1. The van der Waals surface area contributed by atoms with Crippen LogP contribution in [0.4, 0.5) is 8.78 Å². The van der Waals surface area contributed by atoms with Gasteiger partial charge in [-0.05, 0) is 0 Å². The molecule has 2 unspecified atom stereocenters. The highest BCUT2D eigenvalue weighted by atomic mass is 19.2. The van der Waals surface area contributed by atoms with E-state index in [-0.39, 0.29) is 0 Å². The van der Waals surface area contributed by atoms with Crippen LogP contribution in [0.2, 0.25) is 0 Å². The lowest BCUT2D eigenvalue weighted by molar-refractivity contribution is -0.488. The van der Waals surface area contributed by atoms with E-state index in [2.05, 4.69) is 14.5 Å². The van der Waals surface area contributed by atoms with Crippen LogP contribution in [0, 0.1) is 0 Å². The SMILES string of the molecule is FC1COC(F)OO1. The summed E-state index contributed by atoms with van der Waals surface area (Å²) in [7, 11) is 0. The first-order chi connectivity index (χ1) is 3.79. The summed E-state index contributed by atoms with van der Waals surface area (Å²) in [6.07, 6.45) is -1.66. The Hall–Kier alpha value is -0.260. The largest absolute Gasteiger partial charge is 0.337 e. The van der Waals surface area contributed by atoms with Crippen LogP contribution in [-0.4, -0.2) is 19.5 Å². The van der Waals surface area contributed by atoms with E-state index in [9.17, 15) is 8.78 Å². The van der Waals surface area contributed by atoms with Crippen molar-refractivity contribution in [3.63, 3.8) is 0 Å². The van der Waals surface area contributed by atoms with Crippen molar-refractivity contribution in [2.45, 2.75) is 12.9 Å². The third kappa shape index (κ3) is 1.36. The van der Waals surface area contributed by atoms with Crippen LogP contribution in [0.3, 0.4) is 0 Å². The Morgan fingerprint density at radius 1 is 1.25 bits per heavy atom. The van der Waals surface area contributed by atoms with Crippen LogP contribution in [0.25, 0.3) is 0 Å². The zero-order chi connectivity index (χ0) is 5.98. The predicted octanol–water partition coefficient (Wildman–Crippen LogP) is 0.514. The van der Waals surface area contributed by atoms with E-state index < -0.39 is 19.5 Å². The minimum absolute atomic E-state index is 0.416. The minimum atomic E-state index is -1.94. The molecule has 48 valence electrons. The maximum Gasteiger partial charge on any atom is 0.337 e. The van der Waals surface area contributed by atoms with Gasteiger partial charge in [0.1, 0.15) is 6.61 Å². The first-order valence-corrected chi connectivity index (χ1v) is 2.01. The van der Waals surface area contributed by atoms with E-state index in [0.717, 1.165) is 0 Å². The molecule has 1 saturated heterocycles. The van der Waals surface area contributed by atoms with Gasteiger partial charge in [0.05, 0.1) is 0 Å². The topological polar surface area (TPSA) is 27.7 Å². The van der Waals surface area contributed by atoms with Crippen molar-refractivity contribution < 1.29 is 23.3 Å². The fourth-order valence-electron chi connectivity index (χ4n) is 0.311.